The van der Waals surface area contributed by atoms with E-state index in [1.165, 1.54) is 41.4 Å². The summed E-state index contributed by atoms with van der Waals surface area (Å²) in [7, 11) is 3.99. The number of nitrogens with one attached hydrogen (secondary N) is 1. The molecule has 0 saturated carbocycles. The van der Waals surface area contributed by atoms with Crippen molar-refractivity contribution in [2.24, 2.45) is 4.99 Å². The monoisotopic (exact) mass is 2300 g/mol. The molecule has 6 heterocycles. The Morgan fingerprint density at radius 1 is 0.478 bits per heavy atom. The van der Waals surface area contributed by atoms with Gasteiger partial charge in [0.25, 0.3) is 5.91 Å². The predicted molar refractivity (Wildman–Crippen MR) is 505 cm³/mol. The van der Waals surface area contributed by atoms with Crippen LogP contribution >= 0.6 is 15.9 Å². The van der Waals surface area contributed by atoms with Gasteiger partial charge >= 0.3 is 23.9 Å². The minimum atomic E-state index is -1.35. The quantitative estimate of drug-likeness (QED) is 0.00801. The number of aliphatic hydroxyl groups is 2. The van der Waals surface area contributed by atoms with Crippen LogP contribution in [0.1, 0.15) is 143 Å². The molecule has 17 rings (SSSR count). The fraction of sp³-hybridized carbons (Fsp3) is 0.181. The third-order valence-electron chi connectivity index (χ3n) is 22.5. The molecular formula is C105H88BrF4N8O15Y5-5. The molecule has 1 amide bonds. The molecule has 0 saturated heterocycles. The average molecular weight is 2300 g/mol. The second-order valence-corrected chi connectivity index (χ2v) is 31.5. The number of amides is 1. The van der Waals surface area contributed by atoms with E-state index in [1.807, 2.05) is 178 Å². The number of alkyl halides is 1. The molecule has 2 aliphatic heterocycles. The van der Waals surface area contributed by atoms with Crippen molar-refractivity contribution >= 4 is 113 Å². The number of carboxylic acids is 2. The molecule has 15 aromatic rings. The van der Waals surface area contributed by atoms with Crippen molar-refractivity contribution in [2.45, 2.75) is 70.9 Å². The van der Waals surface area contributed by atoms with E-state index in [0.29, 0.717) is 41.2 Å². The van der Waals surface area contributed by atoms with Crippen LogP contribution in [0.25, 0.3) is 49.4 Å². The molecule has 2 aliphatic rings. The third kappa shape index (κ3) is 25.9. The number of anilines is 2. The minimum absolute atomic E-state index is 0. The molecule has 0 aliphatic carbocycles. The minimum Gasteiger partial charge on any atom is -0.519 e. The number of ether oxygens (including phenoxy) is 2. The first kappa shape index (κ1) is 113. The number of fused-ring (bicyclic) bond motifs is 2. The number of benzene rings is 11. The number of aromatic carboxylic acids is 2. The fourth-order valence-electron chi connectivity index (χ4n) is 16.0. The number of hydrogen-bond donors (Lipinski definition) is 5. The zero-order chi connectivity index (χ0) is 94.8. The number of likely N-dealkylation sites (N-methyl/N-ethyl adjacent to an activating group) is 2. The van der Waals surface area contributed by atoms with E-state index in [1.54, 1.807) is 67.1 Å². The van der Waals surface area contributed by atoms with E-state index in [9.17, 15) is 81.1 Å². The average Bonchev–Trinajstić information content (AvgIpc) is 0.739. The van der Waals surface area contributed by atoms with Gasteiger partial charge in [0.15, 0.2) is 0 Å². The Morgan fingerprint density at radius 3 is 1.32 bits per heavy atom. The van der Waals surface area contributed by atoms with Gasteiger partial charge in [0.1, 0.15) is 44.0 Å². The number of nitrogens with zero attached hydrogens (tertiary/aromatic N) is 7. The number of hydrogen-bond acceptors (Lipinski definition) is 16. The van der Waals surface area contributed by atoms with E-state index >= 15 is 0 Å². The fourth-order valence-corrected chi connectivity index (χ4v) is 16.6. The summed E-state index contributed by atoms with van der Waals surface area (Å²) in [4.78, 5) is 120. The maximum Gasteiger partial charge on any atom is 0.342 e. The van der Waals surface area contributed by atoms with Crippen LogP contribution in [0.3, 0.4) is 0 Å². The van der Waals surface area contributed by atoms with Gasteiger partial charge in [0, 0.05) is 237 Å². The van der Waals surface area contributed by atoms with E-state index in [0.717, 1.165) is 86.7 Å². The van der Waals surface area contributed by atoms with Crippen LogP contribution in [-0.4, -0.2) is 127 Å². The van der Waals surface area contributed by atoms with E-state index in [-0.39, 0.29) is 257 Å². The number of aliphatic hydroxyl groups excluding tert-OH is 2. The topological polar surface area (TPSA) is 304 Å². The Bertz CT molecular complexity index is 7180. The summed E-state index contributed by atoms with van der Waals surface area (Å²) < 4.78 is 73.4. The molecule has 0 spiro atoms. The number of aromatic nitrogens is 4. The Morgan fingerprint density at radius 2 is 0.870 bits per heavy atom. The number of esters is 2. The Labute approximate surface area is 926 Å². The first-order chi connectivity index (χ1) is 64.2. The summed E-state index contributed by atoms with van der Waals surface area (Å²) in [5, 5.41) is 43.0. The standard InChI is InChI=1S/C27H24N3O2.C21H19FNO3.C20H18F2NO4.C19H15N2O3.C18H12BrFNO3.5Y/c1-18-11-13-19(14-12-18)15-28-27(32)22-16-30-24(20-7-4-3-5-8-20)17-29(2)23-10-6-9-21(25(23)30)26(22)31;1-3-18(14-9-6-5-7-10-14)23-13-16(21(25)26-4-2)20(24)15-11-8-12-17(22)19(15)23;1-2-27-20(26)15(19(25)14-9-6-10-16(21)18(14)22)11-23-17(12-24)13-7-4-3-5-8-13;1-20-11-16(12-6-3-2-4-7-12)21-10-14(19(23)24)18(22)13-8-5-9-15(20)17(13)21;19-9-15(11-5-2-1-3-6-11)21-10-13(18(23)24)17(22)12-7-4-8-14(20)16(12)21;;;;;/h3-5,7-14,16,24H,15,17H2,1-2H3,(H,28,32);5-7,9-13,18H,3-4H2,1-2H3;3-5,7-11,17,24-25H,2,12H2,1H3;2-4,6-10,16H,11H2,1H3,(H,23,24);1-3,5-8,10,15H,9H2,(H,23,24);;;;;/q5*-1;;;;;. The molecule has 138 heavy (non-hydrogen) atoms. The number of carbonyl (C=O) groups excluding carboxylic acids is 3. The molecular weight excluding hydrogens is 2210 g/mol. The van der Waals surface area contributed by atoms with Crippen LogP contribution in [0, 0.1) is 60.5 Å². The molecule has 11 aromatic carbocycles. The van der Waals surface area contributed by atoms with Gasteiger partial charge in [0.2, 0.25) is 0 Å². The number of aryl methyl sites for hydroxylation is 1. The van der Waals surface area contributed by atoms with Crippen molar-refractivity contribution < 1.29 is 235 Å². The molecule has 0 bridgehead atoms. The number of carboxylic acid groups (broad SMARTS) is 2. The van der Waals surface area contributed by atoms with E-state index in [2.05, 4.69) is 83.1 Å². The molecule has 5 radical (unpaired) electrons. The van der Waals surface area contributed by atoms with Crippen LogP contribution in [0.5, 0.6) is 0 Å². The molecule has 5 atom stereocenters. The predicted octanol–water partition coefficient (Wildman–Crippen LogP) is 17.7. The number of carbonyl (C=O) groups is 5. The zero-order valence-electron chi connectivity index (χ0n) is 75.6. The smallest absolute Gasteiger partial charge is 0.342 e. The largest absolute Gasteiger partial charge is 0.519 e. The number of aliphatic imine (C=N–C) groups is 1. The van der Waals surface area contributed by atoms with Gasteiger partial charge in [0.05, 0.1) is 67.2 Å². The first-order valence-electron chi connectivity index (χ1n) is 42.2. The van der Waals surface area contributed by atoms with Gasteiger partial charge in [-0.3, -0.25) is 23.0 Å². The normalized spacial score (nSPS) is 13.4. The molecule has 0 fully saturated rings. The van der Waals surface area contributed by atoms with Gasteiger partial charge in [-0.2, -0.15) is 72.8 Å². The number of pyridine rings is 4. The maximum atomic E-state index is 14.6. The van der Waals surface area contributed by atoms with Gasteiger partial charge in [-0.15, -0.1) is 18.2 Å². The van der Waals surface area contributed by atoms with Crippen LogP contribution in [0.2, 0.25) is 0 Å². The molecule has 5 N–H and O–H groups in total. The zero-order valence-corrected chi connectivity index (χ0v) is 91.4. The number of halogens is 5. The van der Waals surface area contributed by atoms with Crippen molar-refractivity contribution in [3.8, 4) is 0 Å². The third-order valence-corrected chi connectivity index (χ3v) is 23.1. The van der Waals surface area contributed by atoms with Gasteiger partial charge in [-0.1, -0.05) is 243 Å². The second-order valence-electron chi connectivity index (χ2n) is 30.9. The van der Waals surface area contributed by atoms with E-state index in [4.69, 9.17) is 9.47 Å². The molecule has 33 heteroatoms. The molecule has 4 aromatic heterocycles. The van der Waals surface area contributed by atoms with E-state index < -0.39 is 91.9 Å². The maximum absolute atomic E-state index is 14.6. The summed E-state index contributed by atoms with van der Waals surface area (Å²) in [5.41, 5.74) is 6.93. The van der Waals surface area contributed by atoms with Crippen molar-refractivity contribution in [3.05, 3.63) is 428 Å². The molecule has 23 nitrogen and oxygen atoms in total. The number of rotatable bonds is 22. The van der Waals surface area contributed by atoms with Gasteiger partial charge < -0.3 is 82.5 Å². The summed E-state index contributed by atoms with van der Waals surface area (Å²) in [5.74, 6) is -9.16. The van der Waals surface area contributed by atoms with Crippen LogP contribution in [-0.2, 0) is 184 Å². The Hall–Kier alpha value is -9.90. The molecule has 5 unspecified atom stereocenters. The van der Waals surface area contributed by atoms with Crippen molar-refractivity contribution in [1.29, 1.82) is 0 Å². The van der Waals surface area contributed by atoms with Gasteiger partial charge in [-0.25, -0.2) is 23.6 Å². The Balaban J connectivity index is 0.000000211. The van der Waals surface area contributed by atoms with Gasteiger partial charge in [-0.05, 0) is 96.7 Å². The first-order valence-corrected chi connectivity index (χ1v) is 43.3. The van der Waals surface area contributed by atoms with Crippen LogP contribution in [0.15, 0.2) is 291 Å². The summed E-state index contributed by atoms with van der Waals surface area (Å²) in [6.45, 7) is 8.81. The Kier molecular flexibility index (Phi) is 43.6. The van der Waals surface area contributed by atoms with Crippen molar-refractivity contribution in [3.63, 3.8) is 0 Å². The van der Waals surface area contributed by atoms with Crippen molar-refractivity contribution in [2.75, 3.05) is 62.1 Å². The summed E-state index contributed by atoms with van der Waals surface area (Å²) in [6, 6.07) is 81.7. The van der Waals surface area contributed by atoms with Crippen LogP contribution < -0.4 is 36.8 Å². The summed E-state index contributed by atoms with van der Waals surface area (Å²) in [6.07, 6.45) is 7.44. The SMILES string of the molecule is CCOC(=O)C(C=NC(CO)c1ccccc1)=C(O)c1c[c-]cc(F)c1F.CCOC(=O)c1cn(C(CC)c2ccccc2)c2c(F)c[c-]cc2c1=O.CN1CC(c2ccccc2)n2cc(C(=O)O)c(=O)c3c[c-]cc1c32.Cc1ccc(CNC(=O)c2cn3c4c(c[c-]cc4c2=O)N(C)CC3c2ccccc2)cc1.O=C(O)c1cn(C(CBr)c2ccccc2)c2c(F)c[c-]cc2c1=O.[Y].[Y].[Y].[Y].[Y]. The van der Waals surface area contributed by atoms with Crippen LogP contribution in [0.4, 0.5) is 28.9 Å². The summed E-state index contributed by atoms with van der Waals surface area (Å²) >= 11 is 3.40. The van der Waals surface area contributed by atoms with Crippen molar-refractivity contribution in [1.82, 2.24) is 23.6 Å². The molecule has 693 valence electrons. The second kappa shape index (κ2) is 53.1.